The Kier molecular flexibility index (Phi) is 6.42. The van der Waals surface area contributed by atoms with Crippen LogP contribution in [0.25, 0.3) is 0 Å². The van der Waals surface area contributed by atoms with Crippen LogP contribution in [0.3, 0.4) is 0 Å². The smallest absolute Gasteiger partial charge is 0.222 e. The summed E-state index contributed by atoms with van der Waals surface area (Å²) in [6, 6.07) is 0. The largest absolute Gasteiger partial charge is 0.340 e. The number of nitrogens with zero attached hydrogens (tertiary/aromatic N) is 1. The molecule has 1 aliphatic rings. The van der Waals surface area contributed by atoms with Crippen molar-refractivity contribution in [2.24, 2.45) is 5.92 Å². The summed E-state index contributed by atoms with van der Waals surface area (Å²) in [6.45, 7) is 1.25. The summed E-state index contributed by atoms with van der Waals surface area (Å²) >= 11 is 11.3. The van der Waals surface area contributed by atoms with Crippen LogP contribution in [0.1, 0.15) is 32.1 Å². The van der Waals surface area contributed by atoms with Crippen molar-refractivity contribution in [3.63, 3.8) is 0 Å². The molecule has 0 spiro atoms. The quantitative estimate of drug-likeness (QED) is 0.665. The molecule has 4 heteroatoms. The number of rotatable bonds is 6. The lowest BCUT2D eigenvalue weighted by molar-refractivity contribution is -0.131. The lowest BCUT2D eigenvalue weighted by atomic mass is 10.0. The molecule has 0 saturated heterocycles. The second-order valence-electron chi connectivity index (χ2n) is 4.11. The number of amides is 1. The predicted octanol–water partition coefficient (Wildman–Crippen LogP) is 2.87. The highest BCUT2D eigenvalue weighted by atomic mass is 35.5. The molecule has 15 heavy (non-hydrogen) atoms. The molecule has 1 amide bonds. The van der Waals surface area contributed by atoms with E-state index in [1.165, 1.54) is 25.7 Å². The topological polar surface area (TPSA) is 20.3 Å². The summed E-state index contributed by atoms with van der Waals surface area (Å²) in [4.78, 5) is 13.7. The van der Waals surface area contributed by atoms with Crippen molar-refractivity contribution in [1.29, 1.82) is 0 Å². The molecule has 1 rings (SSSR count). The third kappa shape index (κ3) is 4.60. The zero-order valence-electron chi connectivity index (χ0n) is 9.05. The maximum Gasteiger partial charge on any atom is 0.222 e. The lowest BCUT2D eigenvalue weighted by Gasteiger charge is -2.22. The van der Waals surface area contributed by atoms with E-state index in [4.69, 9.17) is 23.2 Å². The Labute approximate surface area is 102 Å². The van der Waals surface area contributed by atoms with E-state index in [2.05, 4.69) is 0 Å². The van der Waals surface area contributed by atoms with Crippen LogP contribution in [-0.4, -0.2) is 35.7 Å². The minimum atomic E-state index is 0.225. The minimum absolute atomic E-state index is 0.225. The van der Waals surface area contributed by atoms with Gasteiger partial charge in [-0.15, -0.1) is 23.2 Å². The maximum atomic E-state index is 11.9. The number of carbonyl (C=O) groups excluding carboxylic acids is 1. The van der Waals surface area contributed by atoms with Crippen molar-refractivity contribution in [3.8, 4) is 0 Å². The van der Waals surface area contributed by atoms with Gasteiger partial charge in [-0.3, -0.25) is 4.79 Å². The number of halogens is 2. The summed E-state index contributed by atoms with van der Waals surface area (Å²) < 4.78 is 0. The van der Waals surface area contributed by atoms with Gasteiger partial charge in [0.2, 0.25) is 5.91 Å². The molecular formula is C11H19Cl2NO. The monoisotopic (exact) mass is 251 g/mol. The van der Waals surface area contributed by atoms with Gasteiger partial charge in [-0.1, -0.05) is 12.8 Å². The SMILES string of the molecule is O=C(CC1CCCC1)N(CCCl)CCCl. The van der Waals surface area contributed by atoms with Crippen molar-refractivity contribution in [3.05, 3.63) is 0 Å². The third-order valence-corrected chi connectivity index (χ3v) is 3.34. The highest BCUT2D eigenvalue weighted by Crippen LogP contribution is 2.27. The van der Waals surface area contributed by atoms with E-state index in [1.807, 2.05) is 0 Å². The second-order valence-corrected chi connectivity index (χ2v) is 4.87. The molecule has 88 valence electrons. The van der Waals surface area contributed by atoms with Gasteiger partial charge >= 0.3 is 0 Å². The van der Waals surface area contributed by atoms with Gasteiger partial charge in [0.05, 0.1) is 0 Å². The number of carbonyl (C=O) groups is 1. The molecule has 0 aromatic carbocycles. The van der Waals surface area contributed by atoms with Gasteiger partial charge in [-0.25, -0.2) is 0 Å². The number of hydrogen-bond donors (Lipinski definition) is 0. The predicted molar refractivity (Wildman–Crippen MR) is 64.6 cm³/mol. The second kappa shape index (κ2) is 7.34. The van der Waals surface area contributed by atoms with E-state index >= 15 is 0 Å². The highest BCUT2D eigenvalue weighted by Gasteiger charge is 2.21. The summed E-state index contributed by atoms with van der Waals surface area (Å²) in [7, 11) is 0. The van der Waals surface area contributed by atoms with Gasteiger partial charge in [0.1, 0.15) is 0 Å². The van der Waals surface area contributed by atoms with Crippen molar-refractivity contribution >= 4 is 29.1 Å². The normalized spacial score (nSPS) is 16.9. The molecule has 0 aliphatic heterocycles. The molecule has 0 aromatic heterocycles. The van der Waals surface area contributed by atoms with E-state index in [9.17, 15) is 4.79 Å². The molecule has 1 fully saturated rings. The lowest BCUT2D eigenvalue weighted by Crippen LogP contribution is -2.35. The molecule has 0 heterocycles. The zero-order valence-corrected chi connectivity index (χ0v) is 10.6. The summed E-state index contributed by atoms with van der Waals surface area (Å²) in [5.74, 6) is 1.81. The summed E-state index contributed by atoms with van der Waals surface area (Å²) in [6.07, 6.45) is 5.67. The molecule has 0 atom stereocenters. The van der Waals surface area contributed by atoms with Crippen LogP contribution >= 0.6 is 23.2 Å². The van der Waals surface area contributed by atoms with Crippen molar-refractivity contribution < 1.29 is 4.79 Å². The Morgan fingerprint density at radius 3 is 2.13 bits per heavy atom. The van der Waals surface area contributed by atoms with E-state index in [-0.39, 0.29) is 5.91 Å². The first-order chi connectivity index (χ1) is 7.27. The Balaban J connectivity index is 2.33. The minimum Gasteiger partial charge on any atom is -0.340 e. The summed E-state index contributed by atoms with van der Waals surface area (Å²) in [5, 5.41) is 0. The van der Waals surface area contributed by atoms with Crippen molar-refractivity contribution in [2.45, 2.75) is 32.1 Å². The fourth-order valence-corrected chi connectivity index (χ4v) is 2.56. The molecule has 0 bridgehead atoms. The van der Waals surface area contributed by atoms with Crippen LogP contribution in [0.2, 0.25) is 0 Å². The van der Waals surface area contributed by atoms with E-state index in [0.717, 1.165) is 0 Å². The molecule has 0 aromatic rings. The highest BCUT2D eigenvalue weighted by molar-refractivity contribution is 6.18. The van der Waals surface area contributed by atoms with Gasteiger partial charge in [-0.2, -0.15) is 0 Å². The van der Waals surface area contributed by atoms with Crippen LogP contribution < -0.4 is 0 Å². The first-order valence-electron chi connectivity index (χ1n) is 5.67. The van der Waals surface area contributed by atoms with Gasteiger partial charge in [0, 0.05) is 31.3 Å². The average Bonchev–Trinajstić information content (AvgIpc) is 2.70. The number of alkyl halides is 2. The molecule has 0 unspecified atom stereocenters. The Hall–Kier alpha value is 0.0500. The Bertz CT molecular complexity index is 187. The summed E-state index contributed by atoms with van der Waals surface area (Å²) in [5.41, 5.74) is 0. The Morgan fingerprint density at radius 2 is 1.67 bits per heavy atom. The average molecular weight is 252 g/mol. The van der Waals surface area contributed by atoms with Gasteiger partial charge in [-0.05, 0) is 18.8 Å². The van der Waals surface area contributed by atoms with E-state index < -0.39 is 0 Å². The van der Waals surface area contributed by atoms with Crippen LogP contribution in [0.15, 0.2) is 0 Å². The van der Waals surface area contributed by atoms with E-state index in [0.29, 0.717) is 37.2 Å². The number of hydrogen-bond acceptors (Lipinski definition) is 1. The molecule has 0 radical (unpaired) electrons. The van der Waals surface area contributed by atoms with Crippen LogP contribution in [-0.2, 0) is 4.79 Å². The fourth-order valence-electron chi connectivity index (χ4n) is 2.16. The van der Waals surface area contributed by atoms with Gasteiger partial charge < -0.3 is 4.90 Å². The van der Waals surface area contributed by atoms with Crippen LogP contribution in [0, 0.1) is 5.92 Å². The zero-order chi connectivity index (χ0) is 11.1. The fraction of sp³-hybridized carbons (Fsp3) is 0.909. The first kappa shape index (κ1) is 13.1. The van der Waals surface area contributed by atoms with Crippen LogP contribution in [0.5, 0.6) is 0 Å². The first-order valence-corrected chi connectivity index (χ1v) is 6.74. The molecule has 0 N–H and O–H groups in total. The Morgan fingerprint density at radius 1 is 1.13 bits per heavy atom. The van der Waals surface area contributed by atoms with E-state index in [1.54, 1.807) is 4.90 Å². The third-order valence-electron chi connectivity index (χ3n) is 3.00. The maximum absolute atomic E-state index is 11.9. The molecular weight excluding hydrogens is 233 g/mol. The molecule has 2 nitrogen and oxygen atoms in total. The standard InChI is InChI=1S/C11H19Cl2NO/c12-5-7-14(8-6-13)11(15)9-10-3-1-2-4-10/h10H,1-9H2. The van der Waals surface area contributed by atoms with Gasteiger partial charge in [0.25, 0.3) is 0 Å². The van der Waals surface area contributed by atoms with Gasteiger partial charge in [0.15, 0.2) is 0 Å². The van der Waals surface area contributed by atoms with Crippen molar-refractivity contribution in [1.82, 2.24) is 4.90 Å². The van der Waals surface area contributed by atoms with Crippen LogP contribution in [0.4, 0.5) is 0 Å². The van der Waals surface area contributed by atoms with Crippen molar-refractivity contribution in [2.75, 3.05) is 24.8 Å². The molecule has 1 aliphatic carbocycles. The molecule has 1 saturated carbocycles.